The Morgan fingerprint density at radius 2 is 2.00 bits per heavy atom. The fraction of sp³-hybridized carbons (Fsp3) is 0. The molecular weight excluding hydrogens is 170 g/mol. The maximum atomic E-state index is 4.87. The Bertz CT molecular complexity index is 271. The second-order valence-corrected chi connectivity index (χ2v) is 2.47. The summed E-state index contributed by atoms with van der Waals surface area (Å²) in [6, 6.07) is 9.53. The van der Waals surface area contributed by atoms with Gasteiger partial charge in [-0.15, -0.1) is 0 Å². The van der Waals surface area contributed by atoms with Gasteiger partial charge in [0.05, 0.1) is 6.72 Å². The van der Waals surface area contributed by atoms with Crippen LogP contribution in [0, 0.1) is 0 Å². The maximum Gasteiger partial charge on any atom is 0.191 e. The average Bonchev–Trinajstić information content (AvgIpc) is 2.06. The quantitative estimate of drug-likeness (QED) is 0.409. The Morgan fingerprint density at radius 1 is 1.33 bits per heavy atom. The van der Waals surface area contributed by atoms with E-state index in [-0.39, 0.29) is 0 Å². The highest BCUT2D eigenvalue weighted by molar-refractivity contribution is 7.80. The van der Waals surface area contributed by atoms with Crippen LogP contribution in [-0.2, 0) is 0 Å². The highest BCUT2D eigenvalue weighted by atomic mass is 32.1. The van der Waals surface area contributed by atoms with Crippen LogP contribution in [0.4, 0.5) is 5.69 Å². The minimum atomic E-state index is 0.378. The van der Waals surface area contributed by atoms with Gasteiger partial charge in [-0.05, 0) is 24.4 Å². The summed E-state index contributed by atoms with van der Waals surface area (Å²) >= 11 is 4.84. The van der Waals surface area contributed by atoms with Gasteiger partial charge in [-0.3, -0.25) is 5.43 Å². The number of benzene rings is 1. The molecule has 0 saturated carbocycles. The third-order valence-electron chi connectivity index (χ3n) is 1.20. The molecule has 1 aromatic rings. The van der Waals surface area contributed by atoms with Crippen molar-refractivity contribution in [3.05, 3.63) is 30.3 Å². The van der Waals surface area contributed by atoms with Gasteiger partial charge in [-0.1, -0.05) is 18.2 Å². The fourth-order valence-electron chi connectivity index (χ4n) is 0.739. The Morgan fingerprint density at radius 3 is 2.58 bits per heavy atom. The molecule has 0 aromatic heterocycles. The summed E-state index contributed by atoms with van der Waals surface area (Å²) in [5, 5.41) is 6.45. The summed E-state index contributed by atoms with van der Waals surface area (Å²) in [6.07, 6.45) is 0. The van der Waals surface area contributed by atoms with Gasteiger partial charge < -0.3 is 5.32 Å². The maximum absolute atomic E-state index is 4.87. The van der Waals surface area contributed by atoms with E-state index in [1.54, 1.807) is 0 Å². The summed E-state index contributed by atoms with van der Waals surface area (Å²) in [5.41, 5.74) is 3.32. The summed E-state index contributed by atoms with van der Waals surface area (Å²) < 4.78 is 0. The molecule has 1 rings (SSSR count). The van der Waals surface area contributed by atoms with Crippen LogP contribution in [0.1, 0.15) is 0 Å². The first-order chi connectivity index (χ1) is 5.83. The van der Waals surface area contributed by atoms with Crippen LogP contribution in [-0.4, -0.2) is 11.8 Å². The van der Waals surface area contributed by atoms with Gasteiger partial charge in [0.25, 0.3) is 0 Å². The molecule has 0 saturated heterocycles. The molecule has 0 aliphatic carbocycles. The van der Waals surface area contributed by atoms with Crippen LogP contribution in [0.3, 0.4) is 0 Å². The topological polar surface area (TPSA) is 36.4 Å². The number of hydrogen-bond acceptors (Lipinski definition) is 2. The van der Waals surface area contributed by atoms with Crippen LogP contribution < -0.4 is 10.7 Å². The Balaban J connectivity index is 2.52. The molecule has 0 aliphatic rings. The van der Waals surface area contributed by atoms with Gasteiger partial charge in [0.15, 0.2) is 5.11 Å². The lowest BCUT2D eigenvalue weighted by atomic mass is 10.3. The van der Waals surface area contributed by atoms with Gasteiger partial charge in [-0.25, -0.2) is 0 Å². The number of hydrogen-bond donors (Lipinski definition) is 2. The van der Waals surface area contributed by atoms with Crippen molar-refractivity contribution in [2.24, 2.45) is 5.10 Å². The molecule has 0 spiro atoms. The lowest BCUT2D eigenvalue weighted by Crippen LogP contribution is -2.23. The van der Waals surface area contributed by atoms with E-state index in [0.29, 0.717) is 5.11 Å². The van der Waals surface area contributed by atoms with E-state index in [9.17, 15) is 0 Å². The molecule has 0 atom stereocenters. The molecule has 4 heteroatoms. The smallest absolute Gasteiger partial charge is 0.191 e. The standard InChI is InChI=1S/C8H8N3S/c1-9-11-8(12)10-7-5-3-2-4-6-7/h1-6H,(H2,10,11,12). The third kappa shape index (κ3) is 2.67. The molecule has 0 aliphatic heterocycles. The van der Waals surface area contributed by atoms with Gasteiger partial charge in [0.2, 0.25) is 0 Å². The number of thiocarbonyl (C=S) groups is 1. The molecule has 0 fully saturated rings. The monoisotopic (exact) mass is 178 g/mol. The Labute approximate surface area is 76.5 Å². The SMILES string of the molecule is [CH]=NNC(=S)Nc1ccccc1. The van der Waals surface area contributed by atoms with E-state index < -0.39 is 0 Å². The molecule has 0 heterocycles. The second-order valence-electron chi connectivity index (χ2n) is 2.06. The summed E-state index contributed by atoms with van der Waals surface area (Å²) in [4.78, 5) is 0. The molecule has 1 radical (unpaired) electrons. The highest BCUT2D eigenvalue weighted by Crippen LogP contribution is 2.03. The normalized spacial score (nSPS) is 8.67. The van der Waals surface area contributed by atoms with Crippen molar-refractivity contribution in [1.29, 1.82) is 0 Å². The minimum absolute atomic E-state index is 0.378. The van der Waals surface area contributed by atoms with Crippen LogP contribution in [0.5, 0.6) is 0 Å². The predicted molar refractivity (Wildman–Crippen MR) is 54.3 cm³/mol. The summed E-state index contributed by atoms with van der Waals surface area (Å²) in [6.45, 7) is 4.87. The van der Waals surface area contributed by atoms with E-state index >= 15 is 0 Å². The van der Waals surface area contributed by atoms with Crippen LogP contribution >= 0.6 is 12.2 Å². The van der Waals surface area contributed by atoms with Crippen molar-refractivity contribution in [3.8, 4) is 0 Å². The number of rotatable bonds is 2. The number of anilines is 1. The van der Waals surface area contributed by atoms with E-state index in [1.807, 2.05) is 30.3 Å². The molecule has 2 N–H and O–H groups in total. The summed E-state index contributed by atoms with van der Waals surface area (Å²) in [7, 11) is 0. The molecule has 1 aromatic carbocycles. The predicted octanol–water partition coefficient (Wildman–Crippen LogP) is 1.47. The van der Waals surface area contributed by atoms with E-state index in [2.05, 4.69) is 15.8 Å². The number of hydrazone groups is 1. The largest absolute Gasteiger partial charge is 0.331 e. The first kappa shape index (κ1) is 8.67. The Hall–Kier alpha value is -1.42. The zero-order valence-electron chi connectivity index (χ0n) is 6.32. The van der Waals surface area contributed by atoms with Crippen LogP contribution in [0.25, 0.3) is 0 Å². The van der Waals surface area contributed by atoms with Crippen molar-refractivity contribution in [3.63, 3.8) is 0 Å². The lowest BCUT2D eigenvalue weighted by molar-refractivity contribution is 1.06. The second kappa shape index (κ2) is 4.46. The molecule has 0 bridgehead atoms. The summed E-state index contributed by atoms with van der Waals surface area (Å²) in [5.74, 6) is 0. The van der Waals surface area contributed by atoms with Crippen molar-refractivity contribution in [2.45, 2.75) is 0 Å². The molecule has 61 valence electrons. The van der Waals surface area contributed by atoms with Crippen LogP contribution in [0.15, 0.2) is 35.4 Å². The zero-order chi connectivity index (χ0) is 8.81. The molecule has 12 heavy (non-hydrogen) atoms. The lowest BCUT2D eigenvalue weighted by Gasteiger charge is -2.04. The average molecular weight is 178 g/mol. The zero-order valence-corrected chi connectivity index (χ0v) is 7.14. The Kier molecular flexibility index (Phi) is 3.22. The van der Waals surface area contributed by atoms with Crippen molar-refractivity contribution in [1.82, 2.24) is 5.43 Å². The number of nitrogens with zero attached hydrogens (tertiary/aromatic N) is 1. The third-order valence-corrected chi connectivity index (χ3v) is 1.39. The fourth-order valence-corrected chi connectivity index (χ4v) is 0.910. The molecule has 3 nitrogen and oxygen atoms in total. The number of nitrogens with one attached hydrogen (secondary N) is 2. The van der Waals surface area contributed by atoms with Crippen molar-refractivity contribution < 1.29 is 0 Å². The first-order valence-corrected chi connectivity index (χ1v) is 3.75. The molecular formula is C8H8N3S. The van der Waals surface area contributed by atoms with E-state index in [4.69, 9.17) is 18.9 Å². The van der Waals surface area contributed by atoms with E-state index in [1.165, 1.54) is 0 Å². The molecule has 0 unspecified atom stereocenters. The van der Waals surface area contributed by atoms with Gasteiger partial charge in [0, 0.05) is 5.69 Å². The van der Waals surface area contributed by atoms with Crippen molar-refractivity contribution >= 4 is 29.7 Å². The van der Waals surface area contributed by atoms with Gasteiger partial charge >= 0.3 is 0 Å². The van der Waals surface area contributed by atoms with Gasteiger partial charge in [-0.2, -0.15) is 5.10 Å². The number of para-hydroxylation sites is 1. The highest BCUT2D eigenvalue weighted by Gasteiger charge is 1.92. The van der Waals surface area contributed by atoms with Crippen molar-refractivity contribution in [2.75, 3.05) is 5.32 Å². The van der Waals surface area contributed by atoms with E-state index in [0.717, 1.165) is 5.69 Å². The minimum Gasteiger partial charge on any atom is -0.331 e. The van der Waals surface area contributed by atoms with Gasteiger partial charge in [0.1, 0.15) is 0 Å². The molecule has 0 amide bonds. The van der Waals surface area contributed by atoms with Crippen LogP contribution in [0.2, 0.25) is 0 Å². The first-order valence-electron chi connectivity index (χ1n) is 3.35.